The predicted molar refractivity (Wildman–Crippen MR) is 50.5 cm³/mol. The minimum atomic E-state index is 0.264. The maximum atomic E-state index is 7.14. The first-order chi connectivity index (χ1) is 5.20. The lowest BCUT2D eigenvalue weighted by Gasteiger charge is -2.02. The van der Waals surface area contributed by atoms with Gasteiger partial charge in [0.1, 0.15) is 0 Å². The molecule has 0 aromatic heterocycles. The van der Waals surface area contributed by atoms with Crippen LogP contribution in [0.2, 0.25) is 0 Å². The molecule has 0 bridgehead atoms. The quantitative estimate of drug-likeness (QED) is 0.551. The summed E-state index contributed by atoms with van der Waals surface area (Å²) < 4.78 is 0. The van der Waals surface area contributed by atoms with Crippen molar-refractivity contribution in [1.29, 1.82) is 5.41 Å². The van der Waals surface area contributed by atoms with E-state index in [0.717, 1.165) is 5.57 Å². The predicted octanol–water partition coefficient (Wildman–Crippen LogP) is 2.58. The Morgan fingerprint density at radius 2 is 2.00 bits per heavy atom. The van der Waals surface area contributed by atoms with E-state index in [4.69, 9.17) is 5.41 Å². The Morgan fingerprint density at radius 1 is 1.45 bits per heavy atom. The topological polar surface area (TPSA) is 36.2 Å². The Kier molecular flexibility index (Phi) is 4.11. The number of rotatable bonds is 0. The smallest absolute Gasteiger partial charge is 0.151 e. The Bertz CT molecular complexity index is 222. The second-order valence-corrected chi connectivity index (χ2v) is 2.02. The number of hydrogen-bond acceptors (Lipinski definition) is 1. The Hall–Kier alpha value is -1.18. The van der Waals surface area contributed by atoms with E-state index in [1.807, 2.05) is 26.8 Å². The molecule has 0 fully saturated rings. The van der Waals surface area contributed by atoms with Gasteiger partial charge in [-0.05, 0) is 18.6 Å². The standard InChI is InChI=1S/C7H8N2.C2H6/c1-5-3-6(2)7(8)9-4-5;1-2/h3-4,8H,2H2,1H3;1-2H3. The number of nitrogens with zero attached hydrogens (tertiary/aromatic N) is 1. The molecule has 11 heavy (non-hydrogen) atoms. The number of hydrogen-bond donors (Lipinski definition) is 1. The van der Waals surface area contributed by atoms with Crippen molar-refractivity contribution in [3.63, 3.8) is 0 Å². The molecule has 2 nitrogen and oxygen atoms in total. The van der Waals surface area contributed by atoms with E-state index >= 15 is 0 Å². The van der Waals surface area contributed by atoms with Gasteiger partial charge in [0, 0.05) is 11.8 Å². The van der Waals surface area contributed by atoms with E-state index < -0.39 is 0 Å². The van der Waals surface area contributed by atoms with Crippen LogP contribution in [-0.4, -0.2) is 12.1 Å². The number of dihydropyridines is 1. The van der Waals surface area contributed by atoms with Gasteiger partial charge in [-0.3, -0.25) is 5.41 Å². The molecule has 0 aromatic carbocycles. The number of nitrogens with one attached hydrogen (secondary N) is 1. The maximum Gasteiger partial charge on any atom is 0.151 e. The fraction of sp³-hybridized carbons (Fsp3) is 0.333. The van der Waals surface area contributed by atoms with E-state index in [1.165, 1.54) is 0 Å². The van der Waals surface area contributed by atoms with Gasteiger partial charge in [-0.15, -0.1) is 0 Å². The van der Waals surface area contributed by atoms with Crippen molar-refractivity contribution in [1.82, 2.24) is 0 Å². The van der Waals surface area contributed by atoms with Crippen molar-refractivity contribution < 1.29 is 0 Å². The third-order valence-corrected chi connectivity index (χ3v) is 1.10. The van der Waals surface area contributed by atoms with Crippen molar-refractivity contribution in [3.05, 3.63) is 23.8 Å². The van der Waals surface area contributed by atoms with Crippen LogP contribution in [0.25, 0.3) is 0 Å². The molecule has 0 amide bonds. The summed E-state index contributed by atoms with van der Waals surface area (Å²) in [5.41, 5.74) is 1.74. The maximum absolute atomic E-state index is 7.14. The zero-order chi connectivity index (χ0) is 8.85. The van der Waals surface area contributed by atoms with Gasteiger partial charge < -0.3 is 0 Å². The molecule has 1 rings (SSSR count). The Labute approximate surface area is 67.9 Å². The normalized spacial score (nSPS) is 15.4. The summed E-state index contributed by atoms with van der Waals surface area (Å²) in [6.45, 7) is 9.56. The second kappa shape index (κ2) is 4.61. The summed E-state index contributed by atoms with van der Waals surface area (Å²) in [6, 6.07) is 0. The minimum Gasteiger partial charge on any atom is -0.282 e. The first-order valence-corrected chi connectivity index (χ1v) is 3.70. The summed E-state index contributed by atoms with van der Waals surface area (Å²) in [5.74, 6) is 0.264. The molecule has 60 valence electrons. The molecule has 0 atom stereocenters. The average molecular weight is 150 g/mol. The van der Waals surface area contributed by atoms with Crippen molar-refractivity contribution in [2.75, 3.05) is 0 Å². The third kappa shape index (κ3) is 2.94. The van der Waals surface area contributed by atoms with Crippen LogP contribution in [-0.2, 0) is 0 Å². The molecule has 0 unspecified atom stereocenters. The van der Waals surface area contributed by atoms with Crippen molar-refractivity contribution in [2.24, 2.45) is 4.99 Å². The molecule has 0 radical (unpaired) electrons. The van der Waals surface area contributed by atoms with Crippen LogP contribution in [0.1, 0.15) is 20.8 Å². The average Bonchev–Trinajstić information content (AvgIpc) is 2.02. The van der Waals surface area contributed by atoms with Gasteiger partial charge in [0.25, 0.3) is 0 Å². The minimum absolute atomic E-state index is 0.264. The van der Waals surface area contributed by atoms with Crippen LogP contribution in [0.5, 0.6) is 0 Å². The highest BCUT2D eigenvalue weighted by molar-refractivity contribution is 6.07. The fourth-order valence-electron chi connectivity index (χ4n) is 0.630. The molecule has 0 aliphatic carbocycles. The summed E-state index contributed by atoms with van der Waals surface area (Å²) in [7, 11) is 0. The highest BCUT2D eigenvalue weighted by Gasteiger charge is 2.00. The first-order valence-electron chi connectivity index (χ1n) is 3.70. The number of allylic oxidation sites excluding steroid dienone is 1. The summed E-state index contributed by atoms with van der Waals surface area (Å²) in [5, 5.41) is 7.14. The molecule has 0 spiro atoms. The molecular weight excluding hydrogens is 136 g/mol. The Morgan fingerprint density at radius 3 is 2.36 bits per heavy atom. The summed E-state index contributed by atoms with van der Waals surface area (Å²) in [6.07, 6.45) is 3.51. The highest BCUT2D eigenvalue weighted by atomic mass is 14.8. The molecule has 1 heterocycles. The zero-order valence-corrected chi connectivity index (χ0v) is 7.31. The molecular formula is C9H14N2. The lowest BCUT2D eigenvalue weighted by molar-refractivity contribution is 1.40. The zero-order valence-electron chi connectivity index (χ0n) is 7.31. The highest BCUT2D eigenvalue weighted by Crippen LogP contribution is 2.05. The van der Waals surface area contributed by atoms with Crippen molar-refractivity contribution in [2.45, 2.75) is 20.8 Å². The largest absolute Gasteiger partial charge is 0.282 e. The lowest BCUT2D eigenvalue weighted by atomic mass is 10.1. The van der Waals surface area contributed by atoms with E-state index in [1.54, 1.807) is 6.21 Å². The molecule has 2 heteroatoms. The van der Waals surface area contributed by atoms with Gasteiger partial charge in [-0.2, -0.15) is 0 Å². The molecule has 1 aliphatic heterocycles. The summed E-state index contributed by atoms with van der Waals surface area (Å²) in [4.78, 5) is 3.78. The molecule has 1 N–H and O–H groups in total. The fourth-order valence-corrected chi connectivity index (χ4v) is 0.630. The molecule has 0 saturated carbocycles. The van der Waals surface area contributed by atoms with Gasteiger partial charge in [-0.1, -0.05) is 20.4 Å². The van der Waals surface area contributed by atoms with E-state index in [0.29, 0.717) is 5.57 Å². The van der Waals surface area contributed by atoms with Crippen LogP contribution in [0.3, 0.4) is 0 Å². The molecule has 0 saturated heterocycles. The number of aliphatic imine (C=N–C) groups is 1. The molecule has 1 aliphatic rings. The summed E-state index contributed by atoms with van der Waals surface area (Å²) >= 11 is 0. The van der Waals surface area contributed by atoms with Crippen LogP contribution in [0.15, 0.2) is 28.8 Å². The van der Waals surface area contributed by atoms with Gasteiger partial charge in [0.2, 0.25) is 0 Å². The van der Waals surface area contributed by atoms with E-state index in [-0.39, 0.29) is 5.84 Å². The van der Waals surface area contributed by atoms with Crippen molar-refractivity contribution in [3.8, 4) is 0 Å². The number of amidine groups is 1. The second-order valence-electron chi connectivity index (χ2n) is 2.02. The van der Waals surface area contributed by atoms with Gasteiger partial charge in [0.15, 0.2) is 5.84 Å². The Balaban J connectivity index is 0.000000461. The van der Waals surface area contributed by atoms with E-state index in [9.17, 15) is 0 Å². The van der Waals surface area contributed by atoms with Crippen LogP contribution in [0, 0.1) is 5.41 Å². The van der Waals surface area contributed by atoms with Crippen LogP contribution < -0.4 is 0 Å². The van der Waals surface area contributed by atoms with Gasteiger partial charge in [0.05, 0.1) is 0 Å². The SMILES string of the molecule is C=C1C=C(C)C=NC1=N.CC. The molecule has 0 aromatic rings. The van der Waals surface area contributed by atoms with Gasteiger partial charge in [-0.25, -0.2) is 4.99 Å². The van der Waals surface area contributed by atoms with E-state index in [2.05, 4.69) is 11.6 Å². The lowest BCUT2D eigenvalue weighted by Crippen LogP contribution is -2.00. The van der Waals surface area contributed by atoms with Crippen LogP contribution in [0.4, 0.5) is 0 Å². The van der Waals surface area contributed by atoms with Crippen molar-refractivity contribution >= 4 is 12.1 Å². The third-order valence-electron chi connectivity index (χ3n) is 1.10. The van der Waals surface area contributed by atoms with Crippen LogP contribution >= 0.6 is 0 Å². The first kappa shape index (κ1) is 9.82. The van der Waals surface area contributed by atoms with Gasteiger partial charge >= 0.3 is 0 Å². The monoisotopic (exact) mass is 150 g/mol.